The number of fused-ring (bicyclic) bond motifs is 1. The zero-order valence-electron chi connectivity index (χ0n) is 11.1. The number of sulfonamides is 1. The minimum absolute atomic E-state index is 0.140. The number of benzene rings is 1. The van der Waals surface area contributed by atoms with Crippen molar-refractivity contribution >= 4 is 59.0 Å². The second kappa shape index (κ2) is 6.30. The van der Waals surface area contributed by atoms with E-state index < -0.39 is 10.0 Å². The summed E-state index contributed by atoms with van der Waals surface area (Å²) in [6.45, 7) is 0.338. The van der Waals surface area contributed by atoms with Crippen LogP contribution in [0.4, 0.5) is 5.69 Å². The number of nitrogens with one attached hydrogen (secondary N) is 2. The molecule has 0 unspecified atom stereocenters. The number of nitrogens with two attached hydrogens (primary N) is 1. The summed E-state index contributed by atoms with van der Waals surface area (Å²) in [5.74, 6) is -0.305. The van der Waals surface area contributed by atoms with E-state index in [1.807, 2.05) is 18.2 Å². The molecule has 21 heavy (non-hydrogen) atoms. The van der Waals surface area contributed by atoms with E-state index in [9.17, 15) is 13.2 Å². The number of carbonyl (C=O) groups is 1. The first kappa shape index (κ1) is 16.2. The average molecular weight is 392 g/mol. The van der Waals surface area contributed by atoms with Crippen molar-refractivity contribution in [1.82, 2.24) is 10.0 Å². The molecule has 2 aromatic rings. The van der Waals surface area contributed by atoms with Gasteiger partial charge in [0.05, 0.1) is 11.9 Å². The zero-order valence-corrected chi connectivity index (χ0v) is 14.4. The van der Waals surface area contributed by atoms with Crippen molar-refractivity contribution in [2.24, 2.45) is 0 Å². The van der Waals surface area contributed by atoms with Gasteiger partial charge >= 0.3 is 0 Å². The second-order valence-electron chi connectivity index (χ2n) is 4.41. The van der Waals surface area contributed by atoms with Crippen molar-refractivity contribution in [3.63, 3.8) is 0 Å². The van der Waals surface area contributed by atoms with E-state index in [2.05, 4.69) is 26.0 Å². The quantitative estimate of drug-likeness (QED) is 0.672. The molecule has 0 aliphatic rings. The van der Waals surface area contributed by atoms with Crippen LogP contribution in [0, 0.1) is 0 Å². The molecular formula is C12H14BrN3O3S2. The number of amides is 1. The molecule has 1 amide bonds. The number of rotatable bonds is 5. The lowest BCUT2D eigenvalue weighted by Gasteiger charge is -2.04. The molecule has 2 rings (SSSR count). The fourth-order valence-corrected chi connectivity index (χ4v) is 3.82. The van der Waals surface area contributed by atoms with Crippen molar-refractivity contribution in [3.8, 4) is 0 Å². The molecule has 0 radical (unpaired) electrons. The summed E-state index contributed by atoms with van der Waals surface area (Å²) in [7, 11) is -3.25. The highest BCUT2D eigenvalue weighted by Gasteiger charge is 2.16. The third-order valence-corrected chi connectivity index (χ3v) is 5.06. The lowest BCUT2D eigenvalue weighted by Crippen LogP contribution is -2.34. The van der Waals surface area contributed by atoms with E-state index in [1.165, 1.54) is 11.3 Å². The van der Waals surface area contributed by atoms with E-state index >= 15 is 0 Å². The van der Waals surface area contributed by atoms with Gasteiger partial charge in [-0.15, -0.1) is 11.3 Å². The molecular weight excluding hydrogens is 378 g/mol. The van der Waals surface area contributed by atoms with Crippen molar-refractivity contribution in [2.75, 3.05) is 25.1 Å². The number of anilines is 1. The number of halogens is 1. The summed E-state index contributed by atoms with van der Waals surface area (Å²) in [4.78, 5) is 12.5. The number of hydrogen-bond acceptors (Lipinski definition) is 5. The van der Waals surface area contributed by atoms with Gasteiger partial charge in [-0.2, -0.15) is 0 Å². The van der Waals surface area contributed by atoms with Crippen molar-refractivity contribution in [3.05, 3.63) is 27.5 Å². The molecule has 0 saturated carbocycles. The number of carbonyl (C=O) groups excluding carboxylic acids is 1. The smallest absolute Gasteiger partial charge is 0.263 e. The Kier molecular flexibility index (Phi) is 4.87. The average Bonchev–Trinajstić information content (AvgIpc) is 2.70. The van der Waals surface area contributed by atoms with E-state index in [0.717, 1.165) is 20.8 Å². The molecule has 1 aromatic carbocycles. The van der Waals surface area contributed by atoms with Crippen molar-refractivity contribution in [1.29, 1.82) is 0 Å². The van der Waals surface area contributed by atoms with Gasteiger partial charge in [0.1, 0.15) is 4.88 Å². The van der Waals surface area contributed by atoms with Crippen molar-refractivity contribution in [2.45, 2.75) is 0 Å². The van der Waals surface area contributed by atoms with Crippen molar-refractivity contribution < 1.29 is 13.2 Å². The molecule has 0 fully saturated rings. The van der Waals surface area contributed by atoms with Gasteiger partial charge in [-0.3, -0.25) is 4.79 Å². The van der Waals surface area contributed by atoms with Gasteiger partial charge in [0, 0.05) is 27.6 Å². The van der Waals surface area contributed by atoms with Crippen LogP contribution in [-0.2, 0) is 10.0 Å². The fourth-order valence-electron chi connectivity index (χ4n) is 1.75. The Hall–Kier alpha value is -1.16. The maximum absolute atomic E-state index is 12.1. The van der Waals surface area contributed by atoms with Gasteiger partial charge in [0.25, 0.3) is 5.91 Å². The molecule has 0 bridgehead atoms. The maximum Gasteiger partial charge on any atom is 0.263 e. The number of nitrogen functional groups attached to an aromatic ring is 1. The molecule has 0 saturated heterocycles. The highest BCUT2D eigenvalue weighted by Crippen LogP contribution is 2.35. The summed E-state index contributed by atoms with van der Waals surface area (Å²) in [6, 6.07) is 5.62. The van der Waals surface area contributed by atoms with Crippen LogP contribution in [-0.4, -0.2) is 33.7 Å². The maximum atomic E-state index is 12.1. The SMILES string of the molecule is CS(=O)(=O)NCCNC(=O)c1sc2cc(Br)ccc2c1N. The van der Waals surface area contributed by atoms with Crippen LogP contribution >= 0.6 is 27.3 Å². The van der Waals surface area contributed by atoms with Crippen LogP contribution in [0.2, 0.25) is 0 Å². The third-order valence-electron chi connectivity index (χ3n) is 2.67. The monoisotopic (exact) mass is 391 g/mol. The standard InChI is InChI=1S/C12H14BrN3O3S2/c1-21(18,19)16-5-4-15-12(17)11-10(14)8-3-2-7(13)6-9(8)20-11/h2-3,6,16H,4-5,14H2,1H3,(H,15,17). The Morgan fingerprint density at radius 2 is 2.10 bits per heavy atom. The van der Waals surface area contributed by atoms with Crippen LogP contribution in [0.25, 0.3) is 10.1 Å². The zero-order chi connectivity index (χ0) is 15.6. The molecule has 114 valence electrons. The van der Waals surface area contributed by atoms with Crippen LogP contribution in [0.15, 0.2) is 22.7 Å². The number of hydrogen-bond donors (Lipinski definition) is 3. The molecule has 9 heteroatoms. The molecule has 0 atom stereocenters. The lowest BCUT2D eigenvalue weighted by atomic mass is 10.2. The minimum atomic E-state index is -3.25. The largest absolute Gasteiger partial charge is 0.397 e. The molecule has 0 spiro atoms. The highest BCUT2D eigenvalue weighted by molar-refractivity contribution is 9.10. The first-order valence-electron chi connectivity index (χ1n) is 5.98. The first-order chi connectivity index (χ1) is 9.78. The van der Waals surface area contributed by atoms with E-state index in [0.29, 0.717) is 10.6 Å². The van der Waals surface area contributed by atoms with E-state index in [4.69, 9.17) is 5.73 Å². The lowest BCUT2D eigenvalue weighted by molar-refractivity contribution is 0.0959. The van der Waals surface area contributed by atoms with Crippen LogP contribution in [0.1, 0.15) is 9.67 Å². The molecule has 1 aromatic heterocycles. The molecule has 6 nitrogen and oxygen atoms in total. The summed E-state index contributed by atoms with van der Waals surface area (Å²) in [5, 5.41) is 3.48. The Morgan fingerprint density at radius 3 is 2.76 bits per heavy atom. The van der Waals surface area contributed by atoms with Gasteiger partial charge in [-0.05, 0) is 12.1 Å². The predicted octanol–water partition coefficient (Wildman–Crippen LogP) is 1.52. The van der Waals surface area contributed by atoms with Gasteiger partial charge in [-0.1, -0.05) is 22.0 Å². The molecule has 0 aliphatic heterocycles. The Morgan fingerprint density at radius 1 is 1.38 bits per heavy atom. The predicted molar refractivity (Wildman–Crippen MR) is 89.1 cm³/mol. The van der Waals surface area contributed by atoms with Gasteiger partial charge in [0.15, 0.2) is 0 Å². The Labute approximate surface area is 134 Å². The van der Waals surface area contributed by atoms with Crippen LogP contribution in [0.3, 0.4) is 0 Å². The van der Waals surface area contributed by atoms with Gasteiger partial charge in [-0.25, -0.2) is 13.1 Å². The fraction of sp³-hybridized carbons (Fsp3) is 0.250. The number of thiophene rings is 1. The van der Waals surface area contributed by atoms with Gasteiger partial charge < -0.3 is 11.1 Å². The summed E-state index contributed by atoms with van der Waals surface area (Å²) >= 11 is 4.68. The normalized spacial score (nSPS) is 11.7. The van der Waals surface area contributed by atoms with Crippen LogP contribution in [0.5, 0.6) is 0 Å². The van der Waals surface area contributed by atoms with E-state index in [1.54, 1.807) is 0 Å². The first-order valence-corrected chi connectivity index (χ1v) is 9.48. The molecule has 1 heterocycles. The summed E-state index contributed by atoms with van der Waals surface area (Å²) < 4.78 is 25.9. The molecule has 4 N–H and O–H groups in total. The van der Waals surface area contributed by atoms with E-state index in [-0.39, 0.29) is 19.0 Å². The minimum Gasteiger partial charge on any atom is -0.397 e. The van der Waals surface area contributed by atoms with Crippen LogP contribution < -0.4 is 15.8 Å². The topological polar surface area (TPSA) is 101 Å². The highest BCUT2D eigenvalue weighted by atomic mass is 79.9. The third kappa shape index (κ3) is 4.16. The van der Waals surface area contributed by atoms with Gasteiger partial charge in [0.2, 0.25) is 10.0 Å². The molecule has 0 aliphatic carbocycles. The summed E-state index contributed by atoms with van der Waals surface area (Å²) in [5.41, 5.74) is 6.43. The summed E-state index contributed by atoms with van der Waals surface area (Å²) in [6.07, 6.45) is 1.07. The Bertz CT molecular complexity index is 786. The second-order valence-corrected chi connectivity index (χ2v) is 8.21. The Balaban J connectivity index is 2.07.